The molecule has 1 fully saturated rings. The van der Waals surface area contributed by atoms with Crippen LogP contribution < -0.4 is 0 Å². The van der Waals surface area contributed by atoms with Crippen LogP contribution in [0, 0.1) is 0 Å². The Hall–Kier alpha value is -1.18. The van der Waals surface area contributed by atoms with Crippen LogP contribution in [0.15, 0.2) is 29.6 Å². The summed E-state index contributed by atoms with van der Waals surface area (Å²) >= 11 is 1.48. The Bertz CT molecular complexity index is 643. The molecule has 1 aliphatic heterocycles. The van der Waals surface area contributed by atoms with E-state index in [4.69, 9.17) is 9.84 Å². The van der Waals surface area contributed by atoms with E-state index in [0.29, 0.717) is 5.69 Å². The molecule has 0 saturated carbocycles. The van der Waals surface area contributed by atoms with E-state index < -0.39 is 5.97 Å². The van der Waals surface area contributed by atoms with Crippen molar-refractivity contribution in [1.29, 1.82) is 0 Å². The van der Waals surface area contributed by atoms with Gasteiger partial charge in [-0.3, -0.25) is 9.69 Å². The fourth-order valence-electron chi connectivity index (χ4n) is 2.45. The predicted octanol–water partition coefficient (Wildman–Crippen LogP) is 3.11. The number of hydrogen-bond donors (Lipinski definition) is 1. The monoisotopic (exact) mass is 390 g/mol. The Kier molecular flexibility index (Phi) is 8.66. The molecule has 8 heteroatoms. The van der Waals surface area contributed by atoms with Crippen LogP contribution in [0.1, 0.15) is 11.3 Å². The Morgan fingerprint density at radius 1 is 1.21 bits per heavy atom. The number of carbonyl (C=O) groups is 1. The molecule has 1 N–H and O–H groups in total. The van der Waals surface area contributed by atoms with Crippen molar-refractivity contribution in [1.82, 2.24) is 9.88 Å². The number of nitrogens with zero attached hydrogens (tertiary/aromatic N) is 2. The number of carboxylic acids is 1. The number of hydrogen-bond acceptors (Lipinski definition) is 5. The number of aliphatic carboxylic acids is 1. The van der Waals surface area contributed by atoms with Crippen LogP contribution in [-0.2, 0) is 22.5 Å². The number of aromatic nitrogens is 1. The molecule has 1 aliphatic rings. The van der Waals surface area contributed by atoms with E-state index in [0.717, 1.165) is 43.4 Å². The van der Waals surface area contributed by atoms with Gasteiger partial charge in [0.15, 0.2) is 0 Å². The molecule has 1 aromatic carbocycles. The zero-order valence-corrected chi connectivity index (χ0v) is 15.5. The van der Waals surface area contributed by atoms with Crippen LogP contribution in [0.5, 0.6) is 0 Å². The standard InChI is InChI=1S/C16H18N2O3S.2ClH/c19-15(20)9-14-11-22-16(17-14)13-3-1-12(2-4-13)10-18-5-7-21-8-6-18;;/h1-4,11H,5-10H2,(H,19,20);2*1H. The van der Waals surface area contributed by atoms with Gasteiger partial charge in [0.2, 0.25) is 0 Å². The molecule has 1 aromatic heterocycles. The molecular weight excluding hydrogens is 371 g/mol. The van der Waals surface area contributed by atoms with E-state index in [-0.39, 0.29) is 31.2 Å². The van der Waals surface area contributed by atoms with Gasteiger partial charge in [-0.15, -0.1) is 36.2 Å². The van der Waals surface area contributed by atoms with Gasteiger partial charge in [0.05, 0.1) is 25.3 Å². The molecule has 5 nitrogen and oxygen atoms in total. The highest BCUT2D eigenvalue weighted by atomic mass is 35.5. The highest BCUT2D eigenvalue weighted by Gasteiger charge is 2.11. The summed E-state index contributed by atoms with van der Waals surface area (Å²) in [7, 11) is 0. The Labute approximate surface area is 157 Å². The molecule has 0 atom stereocenters. The zero-order chi connectivity index (χ0) is 15.4. The highest BCUT2D eigenvalue weighted by molar-refractivity contribution is 7.13. The number of morpholine rings is 1. The largest absolute Gasteiger partial charge is 0.481 e. The van der Waals surface area contributed by atoms with Crippen LogP contribution in [0.25, 0.3) is 10.6 Å². The minimum atomic E-state index is -0.849. The van der Waals surface area contributed by atoms with Gasteiger partial charge in [0.25, 0.3) is 0 Å². The van der Waals surface area contributed by atoms with Gasteiger partial charge in [-0.25, -0.2) is 4.98 Å². The normalized spacial score (nSPS) is 14.5. The van der Waals surface area contributed by atoms with Crippen molar-refractivity contribution in [3.05, 3.63) is 40.9 Å². The van der Waals surface area contributed by atoms with Gasteiger partial charge >= 0.3 is 5.97 Å². The van der Waals surface area contributed by atoms with Crippen molar-refractivity contribution in [2.75, 3.05) is 26.3 Å². The van der Waals surface area contributed by atoms with Crippen molar-refractivity contribution in [2.24, 2.45) is 0 Å². The fraction of sp³-hybridized carbons (Fsp3) is 0.375. The minimum absolute atomic E-state index is 0. The summed E-state index contributed by atoms with van der Waals surface area (Å²) in [6.07, 6.45) is -0.0222. The second kappa shape index (κ2) is 9.96. The van der Waals surface area contributed by atoms with Gasteiger partial charge in [-0.1, -0.05) is 24.3 Å². The summed E-state index contributed by atoms with van der Waals surface area (Å²) in [5.41, 5.74) is 2.92. The van der Waals surface area contributed by atoms with Crippen LogP contribution >= 0.6 is 36.2 Å². The maximum absolute atomic E-state index is 10.7. The maximum Gasteiger partial charge on any atom is 0.309 e. The van der Waals surface area contributed by atoms with Gasteiger partial charge in [-0.05, 0) is 5.56 Å². The van der Waals surface area contributed by atoms with E-state index in [1.54, 1.807) is 0 Å². The van der Waals surface area contributed by atoms with E-state index in [1.165, 1.54) is 16.9 Å². The molecule has 132 valence electrons. The van der Waals surface area contributed by atoms with Crippen LogP contribution in [0.4, 0.5) is 0 Å². The lowest BCUT2D eigenvalue weighted by Gasteiger charge is -2.26. The first-order chi connectivity index (χ1) is 10.7. The molecule has 0 bridgehead atoms. The van der Waals surface area contributed by atoms with Crippen molar-refractivity contribution < 1.29 is 14.6 Å². The number of rotatable bonds is 5. The summed E-state index contributed by atoms with van der Waals surface area (Å²) in [5, 5.41) is 11.5. The second-order valence-corrected chi connectivity index (χ2v) is 6.16. The summed E-state index contributed by atoms with van der Waals surface area (Å²) in [5.74, 6) is -0.849. The first-order valence-electron chi connectivity index (χ1n) is 7.26. The van der Waals surface area contributed by atoms with E-state index >= 15 is 0 Å². The van der Waals surface area contributed by atoms with Gasteiger partial charge in [0, 0.05) is 30.6 Å². The average molecular weight is 391 g/mol. The quantitative estimate of drug-likeness (QED) is 0.849. The van der Waals surface area contributed by atoms with Gasteiger partial charge < -0.3 is 9.84 Å². The highest BCUT2D eigenvalue weighted by Crippen LogP contribution is 2.24. The molecule has 24 heavy (non-hydrogen) atoms. The third kappa shape index (κ3) is 5.72. The minimum Gasteiger partial charge on any atom is -0.481 e. The molecule has 3 rings (SSSR count). The number of thiazole rings is 1. The Morgan fingerprint density at radius 2 is 1.88 bits per heavy atom. The zero-order valence-electron chi connectivity index (χ0n) is 13.0. The van der Waals surface area contributed by atoms with E-state index in [2.05, 4.69) is 34.1 Å². The fourth-order valence-corrected chi connectivity index (χ4v) is 3.27. The number of ether oxygens (including phenoxy) is 1. The van der Waals surface area contributed by atoms with Crippen LogP contribution in [0.2, 0.25) is 0 Å². The van der Waals surface area contributed by atoms with Gasteiger partial charge in [0.1, 0.15) is 5.01 Å². The van der Waals surface area contributed by atoms with Crippen LogP contribution in [0.3, 0.4) is 0 Å². The van der Waals surface area contributed by atoms with Crippen molar-refractivity contribution in [2.45, 2.75) is 13.0 Å². The van der Waals surface area contributed by atoms with Crippen molar-refractivity contribution in [3.63, 3.8) is 0 Å². The van der Waals surface area contributed by atoms with Crippen molar-refractivity contribution >= 4 is 42.1 Å². The lowest BCUT2D eigenvalue weighted by atomic mass is 10.1. The Morgan fingerprint density at radius 3 is 2.50 bits per heavy atom. The van der Waals surface area contributed by atoms with Crippen molar-refractivity contribution in [3.8, 4) is 10.6 Å². The predicted molar refractivity (Wildman–Crippen MR) is 99.5 cm³/mol. The molecule has 1 saturated heterocycles. The molecule has 2 heterocycles. The van der Waals surface area contributed by atoms with Gasteiger partial charge in [-0.2, -0.15) is 0 Å². The summed E-state index contributed by atoms with van der Waals surface area (Å²) < 4.78 is 5.35. The first kappa shape index (κ1) is 20.9. The number of carboxylic acid groups (broad SMARTS) is 1. The molecule has 2 aromatic rings. The van der Waals surface area contributed by atoms with Crippen LogP contribution in [-0.4, -0.2) is 47.3 Å². The summed E-state index contributed by atoms with van der Waals surface area (Å²) in [6.45, 7) is 4.51. The molecular formula is C16H20Cl2N2O3S. The number of halogens is 2. The van der Waals surface area contributed by atoms with E-state index in [1.807, 2.05) is 5.38 Å². The third-order valence-electron chi connectivity index (χ3n) is 3.59. The summed E-state index contributed by atoms with van der Waals surface area (Å²) in [4.78, 5) is 17.5. The molecule has 0 amide bonds. The second-order valence-electron chi connectivity index (χ2n) is 5.30. The topological polar surface area (TPSA) is 62.7 Å². The summed E-state index contributed by atoms with van der Waals surface area (Å²) in [6, 6.07) is 8.34. The van der Waals surface area contributed by atoms with E-state index in [9.17, 15) is 4.79 Å². The lowest BCUT2D eigenvalue weighted by Crippen LogP contribution is -2.35. The third-order valence-corrected chi connectivity index (χ3v) is 4.54. The number of benzene rings is 1. The first-order valence-corrected chi connectivity index (χ1v) is 8.14. The maximum atomic E-state index is 10.7. The molecule has 0 aliphatic carbocycles. The lowest BCUT2D eigenvalue weighted by molar-refractivity contribution is -0.136. The Balaban J connectivity index is 0.00000144. The average Bonchev–Trinajstić information content (AvgIpc) is 2.97. The SMILES string of the molecule is Cl.Cl.O=C(O)Cc1csc(-c2ccc(CN3CCOCC3)cc2)n1. The molecule has 0 spiro atoms. The molecule has 0 unspecified atom stereocenters. The molecule has 0 radical (unpaired) electrons. The smallest absolute Gasteiger partial charge is 0.309 e.